The summed E-state index contributed by atoms with van der Waals surface area (Å²) in [7, 11) is 0. The summed E-state index contributed by atoms with van der Waals surface area (Å²) in [6.45, 7) is 4.57. The number of hydrogen-bond acceptors (Lipinski definition) is 2. The first-order valence-corrected chi connectivity index (χ1v) is 8.03. The third-order valence-electron chi connectivity index (χ3n) is 3.89. The number of halogens is 1. The fourth-order valence-electron chi connectivity index (χ4n) is 2.87. The lowest BCUT2D eigenvalue weighted by molar-refractivity contribution is 0.363. The van der Waals surface area contributed by atoms with E-state index in [-0.39, 0.29) is 0 Å². The van der Waals surface area contributed by atoms with Crippen molar-refractivity contribution < 1.29 is 4.74 Å². The van der Waals surface area contributed by atoms with Gasteiger partial charge in [-0.1, -0.05) is 35.2 Å². The average Bonchev–Trinajstić information content (AvgIpc) is 2.84. The molecule has 0 bridgehead atoms. The molecule has 20 heavy (non-hydrogen) atoms. The van der Waals surface area contributed by atoms with E-state index in [0.29, 0.717) is 6.61 Å². The first-order chi connectivity index (χ1) is 9.69. The van der Waals surface area contributed by atoms with E-state index in [1.165, 1.54) is 19.3 Å². The lowest BCUT2D eigenvalue weighted by atomic mass is 10.1. The van der Waals surface area contributed by atoms with E-state index in [2.05, 4.69) is 40.2 Å². The van der Waals surface area contributed by atoms with Crippen molar-refractivity contribution in [2.45, 2.75) is 32.7 Å². The van der Waals surface area contributed by atoms with Gasteiger partial charge in [0.1, 0.15) is 12.4 Å². The summed E-state index contributed by atoms with van der Waals surface area (Å²) in [6.07, 6.45) is 9.33. The summed E-state index contributed by atoms with van der Waals surface area (Å²) in [4.78, 5) is 0. The summed E-state index contributed by atoms with van der Waals surface area (Å²) in [5.74, 6) is 5.10. The maximum atomic E-state index is 5.58. The standard InChI is InChI=1S/C17H22BrNO/c1-3-8-20-17-7-6-16(18)10-15(17)12-19-11-14-5-4-13(2)9-14/h1,6-7,10,13-14,19H,4-5,8-9,11-12H2,2H3. The van der Waals surface area contributed by atoms with Crippen LogP contribution in [0.25, 0.3) is 0 Å². The van der Waals surface area contributed by atoms with Crippen molar-refractivity contribution in [1.82, 2.24) is 5.32 Å². The first kappa shape index (κ1) is 15.4. The zero-order chi connectivity index (χ0) is 14.4. The fraction of sp³-hybridized carbons (Fsp3) is 0.529. The first-order valence-electron chi connectivity index (χ1n) is 7.24. The molecule has 1 aliphatic carbocycles. The normalized spacial score (nSPS) is 21.6. The molecule has 1 saturated carbocycles. The van der Waals surface area contributed by atoms with Gasteiger partial charge in [0.2, 0.25) is 0 Å². The topological polar surface area (TPSA) is 21.3 Å². The maximum absolute atomic E-state index is 5.58. The maximum Gasteiger partial charge on any atom is 0.148 e. The van der Waals surface area contributed by atoms with Crippen LogP contribution in [0.4, 0.5) is 0 Å². The Morgan fingerprint density at radius 1 is 1.45 bits per heavy atom. The second-order valence-electron chi connectivity index (χ2n) is 5.66. The van der Waals surface area contributed by atoms with Gasteiger partial charge in [-0.05, 0) is 49.4 Å². The van der Waals surface area contributed by atoms with Crippen LogP contribution in [0, 0.1) is 24.2 Å². The molecule has 2 nitrogen and oxygen atoms in total. The SMILES string of the molecule is C#CCOc1ccc(Br)cc1CNCC1CCC(C)C1. The van der Waals surface area contributed by atoms with Gasteiger partial charge in [-0.2, -0.15) is 0 Å². The number of benzene rings is 1. The van der Waals surface area contributed by atoms with Crippen LogP contribution in [-0.2, 0) is 6.54 Å². The van der Waals surface area contributed by atoms with E-state index < -0.39 is 0 Å². The van der Waals surface area contributed by atoms with Crippen molar-refractivity contribution in [2.75, 3.05) is 13.2 Å². The van der Waals surface area contributed by atoms with Crippen molar-refractivity contribution >= 4 is 15.9 Å². The molecule has 108 valence electrons. The Morgan fingerprint density at radius 2 is 2.30 bits per heavy atom. The van der Waals surface area contributed by atoms with Gasteiger partial charge in [0.05, 0.1) is 0 Å². The molecular weight excluding hydrogens is 314 g/mol. The molecule has 2 atom stereocenters. The summed E-state index contributed by atoms with van der Waals surface area (Å²) in [6, 6.07) is 6.04. The minimum absolute atomic E-state index is 0.314. The van der Waals surface area contributed by atoms with Gasteiger partial charge in [-0.15, -0.1) is 6.42 Å². The van der Waals surface area contributed by atoms with E-state index in [1.54, 1.807) is 0 Å². The third-order valence-corrected chi connectivity index (χ3v) is 4.38. The van der Waals surface area contributed by atoms with Gasteiger partial charge in [0, 0.05) is 16.6 Å². The highest BCUT2D eigenvalue weighted by Crippen LogP contribution is 2.30. The smallest absolute Gasteiger partial charge is 0.148 e. The number of hydrogen-bond donors (Lipinski definition) is 1. The zero-order valence-corrected chi connectivity index (χ0v) is 13.6. The summed E-state index contributed by atoms with van der Waals surface area (Å²) in [5, 5.41) is 3.56. The van der Waals surface area contributed by atoms with Gasteiger partial charge < -0.3 is 10.1 Å². The Morgan fingerprint density at radius 3 is 3.00 bits per heavy atom. The van der Waals surface area contributed by atoms with E-state index in [0.717, 1.165) is 40.7 Å². The number of nitrogens with one attached hydrogen (secondary N) is 1. The monoisotopic (exact) mass is 335 g/mol. The molecule has 3 heteroatoms. The summed E-state index contributed by atoms with van der Waals surface area (Å²) >= 11 is 3.51. The molecule has 0 radical (unpaired) electrons. The molecule has 2 unspecified atom stereocenters. The zero-order valence-electron chi connectivity index (χ0n) is 12.0. The lowest BCUT2D eigenvalue weighted by Crippen LogP contribution is -2.21. The van der Waals surface area contributed by atoms with Crippen molar-refractivity contribution in [3.8, 4) is 18.1 Å². The molecule has 0 saturated heterocycles. The van der Waals surface area contributed by atoms with Crippen molar-refractivity contribution in [1.29, 1.82) is 0 Å². The van der Waals surface area contributed by atoms with E-state index in [4.69, 9.17) is 11.2 Å². The highest BCUT2D eigenvalue weighted by atomic mass is 79.9. The third kappa shape index (κ3) is 4.54. The Hall–Kier alpha value is -0.980. The van der Waals surface area contributed by atoms with Gasteiger partial charge in [-0.3, -0.25) is 0 Å². The highest BCUT2D eigenvalue weighted by Gasteiger charge is 2.20. The Bertz CT molecular complexity index is 480. The molecule has 0 aliphatic heterocycles. The molecular formula is C17H22BrNO. The van der Waals surface area contributed by atoms with Crippen LogP contribution in [-0.4, -0.2) is 13.2 Å². The van der Waals surface area contributed by atoms with Crippen LogP contribution in [0.2, 0.25) is 0 Å². The van der Waals surface area contributed by atoms with Crippen LogP contribution in [0.15, 0.2) is 22.7 Å². The number of ether oxygens (including phenoxy) is 1. The molecule has 0 heterocycles. The Kier molecular flexibility index (Phi) is 5.94. The quantitative estimate of drug-likeness (QED) is 0.793. The van der Waals surface area contributed by atoms with Gasteiger partial charge in [0.25, 0.3) is 0 Å². The van der Waals surface area contributed by atoms with E-state index in [9.17, 15) is 0 Å². The molecule has 0 amide bonds. The van der Waals surface area contributed by atoms with Crippen LogP contribution in [0.3, 0.4) is 0 Å². The summed E-state index contributed by atoms with van der Waals surface area (Å²) < 4.78 is 6.65. The fourth-order valence-corrected chi connectivity index (χ4v) is 3.28. The van der Waals surface area contributed by atoms with Crippen molar-refractivity contribution in [2.24, 2.45) is 11.8 Å². The lowest BCUT2D eigenvalue weighted by Gasteiger charge is -2.14. The number of terminal acetylenes is 1. The van der Waals surface area contributed by atoms with Crippen LogP contribution >= 0.6 is 15.9 Å². The molecule has 1 aromatic rings. The largest absolute Gasteiger partial charge is 0.481 e. The molecule has 1 aromatic carbocycles. The van der Waals surface area contributed by atoms with Crippen LogP contribution in [0.1, 0.15) is 31.7 Å². The molecule has 1 fully saturated rings. The van der Waals surface area contributed by atoms with Crippen LogP contribution in [0.5, 0.6) is 5.75 Å². The molecule has 1 aliphatic rings. The van der Waals surface area contributed by atoms with E-state index in [1.807, 2.05) is 12.1 Å². The Labute approximate surface area is 130 Å². The van der Waals surface area contributed by atoms with Gasteiger partial charge >= 0.3 is 0 Å². The predicted octanol–water partition coefficient (Wildman–Crippen LogP) is 3.99. The summed E-state index contributed by atoms with van der Waals surface area (Å²) in [5.41, 5.74) is 1.15. The number of rotatable bonds is 6. The second-order valence-corrected chi connectivity index (χ2v) is 6.58. The molecule has 2 rings (SSSR count). The van der Waals surface area contributed by atoms with Crippen molar-refractivity contribution in [3.05, 3.63) is 28.2 Å². The van der Waals surface area contributed by atoms with Crippen molar-refractivity contribution in [3.63, 3.8) is 0 Å². The Balaban J connectivity index is 1.87. The minimum Gasteiger partial charge on any atom is -0.481 e. The highest BCUT2D eigenvalue weighted by molar-refractivity contribution is 9.10. The van der Waals surface area contributed by atoms with Gasteiger partial charge in [-0.25, -0.2) is 0 Å². The second kappa shape index (κ2) is 7.71. The van der Waals surface area contributed by atoms with Crippen LogP contribution < -0.4 is 10.1 Å². The molecule has 0 aromatic heterocycles. The van der Waals surface area contributed by atoms with Gasteiger partial charge in [0.15, 0.2) is 0 Å². The average molecular weight is 336 g/mol. The molecule has 0 spiro atoms. The molecule has 1 N–H and O–H groups in total. The predicted molar refractivity (Wildman–Crippen MR) is 86.7 cm³/mol. The van der Waals surface area contributed by atoms with E-state index >= 15 is 0 Å². The minimum atomic E-state index is 0.314.